The summed E-state index contributed by atoms with van der Waals surface area (Å²) in [6.07, 6.45) is 0. The molecule has 0 aliphatic rings. The molecule has 7 heteroatoms. The summed E-state index contributed by atoms with van der Waals surface area (Å²) in [6, 6.07) is 11.4. The second kappa shape index (κ2) is 6.69. The van der Waals surface area contributed by atoms with Gasteiger partial charge in [0, 0.05) is 12.6 Å². The maximum atomic E-state index is 13.5. The topological polar surface area (TPSA) is 92.5 Å². The average molecular weight is 315 g/mol. The molecule has 0 fully saturated rings. The molecular formula is C16H14FN3O3. The molecule has 0 aliphatic heterocycles. The van der Waals surface area contributed by atoms with E-state index in [0.717, 1.165) is 13.0 Å². The number of nitrogens with one attached hydrogen (secondary N) is 1. The highest BCUT2D eigenvalue weighted by Gasteiger charge is 2.27. The molecule has 0 saturated carbocycles. The number of para-hydroxylation sites is 1. The van der Waals surface area contributed by atoms with Crippen molar-refractivity contribution in [1.82, 2.24) is 0 Å². The first-order valence-electron chi connectivity index (χ1n) is 6.66. The van der Waals surface area contributed by atoms with E-state index in [2.05, 4.69) is 5.32 Å². The molecule has 6 nitrogen and oxygen atoms in total. The van der Waals surface area contributed by atoms with E-state index in [0.29, 0.717) is 10.6 Å². The summed E-state index contributed by atoms with van der Waals surface area (Å²) in [4.78, 5) is 36.7. The maximum absolute atomic E-state index is 13.5. The molecule has 23 heavy (non-hydrogen) atoms. The molecular weight excluding hydrogens is 301 g/mol. The fourth-order valence-corrected chi connectivity index (χ4v) is 1.95. The Morgan fingerprint density at radius 1 is 1.09 bits per heavy atom. The quantitative estimate of drug-likeness (QED) is 0.654. The molecule has 2 rings (SSSR count). The van der Waals surface area contributed by atoms with Crippen molar-refractivity contribution in [3.05, 3.63) is 54.3 Å². The Balaban J connectivity index is 2.26. The van der Waals surface area contributed by atoms with Crippen LogP contribution in [0.15, 0.2) is 48.5 Å². The second-order valence-corrected chi connectivity index (χ2v) is 4.69. The second-order valence-electron chi connectivity index (χ2n) is 4.69. The number of benzene rings is 2. The summed E-state index contributed by atoms with van der Waals surface area (Å²) in [5.74, 6) is -3.62. The van der Waals surface area contributed by atoms with E-state index in [1.54, 1.807) is 12.1 Å². The molecule has 3 amide bonds. The Bertz CT molecular complexity index is 777. The number of carbonyl (C=O) groups is 3. The lowest BCUT2D eigenvalue weighted by Crippen LogP contribution is -2.42. The summed E-state index contributed by atoms with van der Waals surface area (Å²) in [7, 11) is 0. The minimum Gasteiger partial charge on any atom is -0.399 e. The van der Waals surface area contributed by atoms with Crippen LogP contribution in [0.1, 0.15) is 6.92 Å². The number of imide groups is 1. The molecule has 0 aromatic heterocycles. The van der Waals surface area contributed by atoms with Crippen molar-refractivity contribution in [2.75, 3.05) is 16.0 Å². The van der Waals surface area contributed by atoms with Gasteiger partial charge in [0.25, 0.3) is 0 Å². The van der Waals surface area contributed by atoms with Crippen molar-refractivity contribution in [3.8, 4) is 0 Å². The molecule has 3 N–H and O–H groups in total. The zero-order valence-corrected chi connectivity index (χ0v) is 12.2. The predicted octanol–water partition coefficient (Wildman–Crippen LogP) is 1.93. The van der Waals surface area contributed by atoms with E-state index < -0.39 is 23.5 Å². The van der Waals surface area contributed by atoms with Crippen LogP contribution in [0.3, 0.4) is 0 Å². The smallest absolute Gasteiger partial charge is 0.323 e. The van der Waals surface area contributed by atoms with Crippen LogP contribution < -0.4 is 16.0 Å². The number of hydrogen-bond donors (Lipinski definition) is 2. The number of halogens is 1. The Morgan fingerprint density at radius 2 is 1.78 bits per heavy atom. The van der Waals surface area contributed by atoms with Crippen LogP contribution in [-0.4, -0.2) is 17.7 Å². The lowest BCUT2D eigenvalue weighted by atomic mass is 10.2. The zero-order chi connectivity index (χ0) is 17.0. The largest absolute Gasteiger partial charge is 0.399 e. The van der Waals surface area contributed by atoms with Crippen molar-refractivity contribution in [2.24, 2.45) is 0 Å². The highest BCUT2D eigenvalue weighted by atomic mass is 19.1. The van der Waals surface area contributed by atoms with Gasteiger partial charge in [-0.2, -0.15) is 0 Å². The normalized spacial score (nSPS) is 10.0. The first-order valence-corrected chi connectivity index (χ1v) is 6.66. The average Bonchev–Trinajstić information content (AvgIpc) is 2.49. The van der Waals surface area contributed by atoms with Gasteiger partial charge in [-0.15, -0.1) is 0 Å². The molecule has 0 spiro atoms. The van der Waals surface area contributed by atoms with Gasteiger partial charge in [0.05, 0.1) is 11.4 Å². The number of carbonyl (C=O) groups excluding carboxylic acids is 3. The van der Waals surface area contributed by atoms with Crippen LogP contribution in [0, 0.1) is 5.82 Å². The minimum absolute atomic E-state index is 0.151. The van der Waals surface area contributed by atoms with Crippen LogP contribution >= 0.6 is 0 Å². The molecule has 118 valence electrons. The molecule has 2 aromatic rings. The Labute approximate surface area is 131 Å². The molecule has 0 heterocycles. The zero-order valence-electron chi connectivity index (χ0n) is 12.2. The van der Waals surface area contributed by atoms with Crippen molar-refractivity contribution >= 4 is 34.8 Å². The summed E-state index contributed by atoms with van der Waals surface area (Å²) >= 11 is 0. The fourth-order valence-electron chi connectivity index (χ4n) is 1.95. The van der Waals surface area contributed by atoms with Crippen LogP contribution in [0.25, 0.3) is 0 Å². The third-order valence-electron chi connectivity index (χ3n) is 2.96. The number of hydrogen-bond acceptors (Lipinski definition) is 4. The van der Waals surface area contributed by atoms with Gasteiger partial charge in [-0.1, -0.05) is 18.2 Å². The standard InChI is InChI=1S/C16H14FN3O3/c1-10(21)20(12-6-4-5-11(18)9-12)16(23)15(22)19-14-8-3-2-7-13(14)17/h2-9H,18H2,1H3,(H,19,22). The van der Waals surface area contributed by atoms with Crippen molar-refractivity contribution < 1.29 is 18.8 Å². The van der Waals surface area contributed by atoms with Gasteiger partial charge in [-0.05, 0) is 30.3 Å². The molecule has 0 aliphatic carbocycles. The fraction of sp³-hybridized carbons (Fsp3) is 0.0625. The van der Waals surface area contributed by atoms with Crippen molar-refractivity contribution in [1.29, 1.82) is 0 Å². The van der Waals surface area contributed by atoms with Crippen LogP contribution in [-0.2, 0) is 14.4 Å². The number of nitrogens with zero attached hydrogens (tertiary/aromatic N) is 1. The van der Waals surface area contributed by atoms with E-state index in [4.69, 9.17) is 5.73 Å². The van der Waals surface area contributed by atoms with Gasteiger partial charge >= 0.3 is 11.8 Å². The van der Waals surface area contributed by atoms with Gasteiger partial charge in [0.15, 0.2) is 0 Å². The third kappa shape index (κ3) is 3.70. The maximum Gasteiger partial charge on any atom is 0.323 e. The highest BCUT2D eigenvalue weighted by molar-refractivity contribution is 6.48. The molecule has 0 bridgehead atoms. The molecule has 0 radical (unpaired) electrons. The Kier molecular flexibility index (Phi) is 4.70. The first kappa shape index (κ1) is 16.2. The monoisotopic (exact) mass is 315 g/mol. The van der Waals surface area contributed by atoms with Crippen LogP contribution in [0.4, 0.5) is 21.5 Å². The summed E-state index contributed by atoms with van der Waals surface area (Å²) in [5.41, 5.74) is 5.95. The number of amides is 3. The Morgan fingerprint density at radius 3 is 2.39 bits per heavy atom. The predicted molar refractivity (Wildman–Crippen MR) is 84.1 cm³/mol. The van der Waals surface area contributed by atoms with Gasteiger partial charge in [0.1, 0.15) is 5.82 Å². The third-order valence-corrected chi connectivity index (χ3v) is 2.96. The van der Waals surface area contributed by atoms with Gasteiger partial charge < -0.3 is 11.1 Å². The molecule has 2 aromatic carbocycles. The van der Waals surface area contributed by atoms with Crippen molar-refractivity contribution in [2.45, 2.75) is 6.92 Å². The first-order chi connectivity index (χ1) is 10.9. The van der Waals surface area contributed by atoms with Gasteiger partial charge in [0.2, 0.25) is 5.91 Å². The summed E-state index contributed by atoms with van der Waals surface area (Å²) in [5, 5.41) is 2.14. The molecule has 0 saturated heterocycles. The van der Waals surface area contributed by atoms with Crippen LogP contribution in [0.2, 0.25) is 0 Å². The lowest BCUT2D eigenvalue weighted by Gasteiger charge is -2.19. The van der Waals surface area contributed by atoms with E-state index in [9.17, 15) is 18.8 Å². The number of rotatable bonds is 2. The minimum atomic E-state index is -1.13. The molecule has 0 atom stereocenters. The Hall–Kier alpha value is -3.22. The summed E-state index contributed by atoms with van der Waals surface area (Å²) < 4.78 is 13.5. The SMILES string of the molecule is CC(=O)N(C(=O)C(=O)Nc1ccccc1F)c1cccc(N)c1. The van der Waals surface area contributed by atoms with E-state index in [1.165, 1.54) is 30.3 Å². The summed E-state index contributed by atoms with van der Waals surface area (Å²) in [6.45, 7) is 1.14. The van der Waals surface area contributed by atoms with Gasteiger partial charge in [-0.3, -0.25) is 14.4 Å². The highest BCUT2D eigenvalue weighted by Crippen LogP contribution is 2.19. The number of nitrogens with two attached hydrogens (primary N) is 1. The number of nitrogen functional groups attached to an aromatic ring is 1. The number of anilines is 3. The van der Waals surface area contributed by atoms with Crippen molar-refractivity contribution in [3.63, 3.8) is 0 Å². The van der Waals surface area contributed by atoms with E-state index in [1.807, 2.05) is 0 Å². The van der Waals surface area contributed by atoms with Gasteiger partial charge in [-0.25, -0.2) is 9.29 Å². The lowest BCUT2D eigenvalue weighted by molar-refractivity contribution is -0.136. The molecule has 0 unspecified atom stereocenters. The van der Waals surface area contributed by atoms with E-state index >= 15 is 0 Å². The van der Waals surface area contributed by atoms with Crippen LogP contribution in [0.5, 0.6) is 0 Å². The van der Waals surface area contributed by atoms with E-state index in [-0.39, 0.29) is 11.4 Å².